The lowest BCUT2D eigenvalue weighted by molar-refractivity contribution is 0.560. The summed E-state index contributed by atoms with van der Waals surface area (Å²) < 4.78 is 0. The van der Waals surface area contributed by atoms with Gasteiger partial charge in [0.05, 0.1) is 0 Å². The first-order chi connectivity index (χ1) is 9.33. The Labute approximate surface area is 118 Å². The average molecular weight is 260 g/mol. The molecule has 1 aliphatic rings. The third-order valence-corrected chi connectivity index (χ3v) is 4.15. The molecule has 1 aliphatic heterocycles. The quantitative estimate of drug-likeness (QED) is 0.774. The molecule has 19 heavy (non-hydrogen) atoms. The summed E-state index contributed by atoms with van der Waals surface area (Å²) in [6.07, 6.45) is 8.92. The van der Waals surface area contributed by atoms with E-state index in [0.717, 1.165) is 6.42 Å². The molecule has 0 spiro atoms. The third-order valence-electron chi connectivity index (χ3n) is 4.15. The van der Waals surface area contributed by atoms with Crippen molar-refractivity contribution in [1.82, 2.24) is 0 Å². The zero-order valence-electron chi connectivity index (χ0n) is 12.3. The van der Waals surface area contributed by atoms with E-state index in [4.69, 9.17) is 5.73 Å². The van der Waals surface area contributed by atoms with Crippen molar-refractivity contribution in [3.8, 4) is 0 Å². The summed E-state index contributed by atoms with van der Waals surface area (Å²) in [6.45, 7) is 4.63. The van der Waals surface area contributed by atoms with Gasteiger partial charge in [-0.15, -0.1) is 0 Å². The number of para-hydroxylation sites is 1. The minimum atomic E-state index is 0.199. The van der Waals surface area contributed by atoms with Crippen molar-refractivity contribution < 1.29 is 0 Å². The van der Waals surface area contributed by atoms with Gasteiger partial charge in [-0.1, -0.05) is 44.4 Å². The van der Waals surface area contributed by atoms with Crippen LogP contribution in [0.1, 0.15) is 63.5 Å². The summed E-state index contributed by atoms with van der Waals surface area (Å²) >= 11 is 0. The maximum absolute atomic E-state index is 6.42. The van der Waals surface area contributed by atoms with Crippen LogP contribution in [0.2, 0.25) is 0 Å². The molecule has 1 aromatic carbocycles. The first-order valence-corrected chi connectivity index (χ1v) is 7.92. The smallest absolute Gasteiger partial charge is 0.0414 e. The molecular weight excluding hydrogens is 232 g/mol. The maximum atomic E-state index is 6.42. The van der Waals surface area contributed by atoms with Crippen LogP contribution in [0, 0.1) is 0 Å². The summed E-state index contributed by atoms with van der Waals surface area (Å²) in [5.41, 5.74) is 9.15. The van der Waals surface area contributed by atoms with Crippen molar-refractivity contribution >= 4 is 5.69 Å². The van der Waals surface area contributed by atoms with E-state index in [9.17, 15) is 0 Å². The van der Waals surface area contributed by atoms with Gasteiger partial charge in [-0.3, -0.25) is 0 Å². The molecule has 2 nitrogen and oxygen atoms in total. The summed E-state index contributed by atoms with van der Waals surface area (Å²) in [6, 6.07) is 8.94. The highest BCUT2D eigenvalue weighted by molar-refractivity contribution is 5.55. The first-order valence-electron chi connectivity index (χ1n) is 7.92. The molecule has 1 atom stereocenters. The normalized spacial score (nSPS) is 17.5. The molecule has 1 heterocycles. The molecule has 0 aliphatic carbocycles. The molecule has 1 aromatic rings. The summed E-state index contributed by atoms with van der Waals surface area (Å²) in [5.74, 6) is 0. The largest absolute Gasteiger partial charge is 0.371 e. The third kappa shape index (κ3) is 3.97. The molecule has 0 aromatic heterocycles. The Morgan fingerprint density at radius 3 is 2.58 bits per heavy atom. The molecule has 1 fully saturated rings. The topological polar surface area (TPSA) is 29.3 Å². The Morgan fingerprint density at radius 1 is 1.11 bits per heavy atom. The Morgan fingerprint density at radius 2 is 1.84 bits per heavy atom. The van der Waals surface area contributed by atoms with Crippen LogP contribution in [-0.2, 0) is 0 Å². The van der Waals surface area contributed by atoms with Gasteiger partial charge < -0.3 is 10.6 Å². The molecule has 0 amide bonds. The molecular formula is C17H28N2. The second-order valence-corrected chi connectivity index (χ2v) is 5.71. The van der Waals surface area contributed by atoms with E-state index in [0.29, 0.717) is 0 Å². The fourth-order valence-corrected chi connectivity index (χ4v) is 2.99. The van der Waals surface area contributed by atoms with Gasteiger partial charge in [0.15, 0.2) is 0 Å². The standard InChI is InChI=1S/C17H28N2/c1-2-3-5-11-16(18)15-10-6-7-12-17(15)19-13-8-4-9-14-19/h6-7,10,12,16H,2-5,8-9,11,13-14,18H2,1H3/t16-/m0/s1. The molecule has 0 bridgehead atoms. The minimum absolute atomic E-state index is 0.199. The molecule has 0 radical (unpaired) electrons. The van der Waals surface area contributed by atoms with Crippen molar-refractivity contribution in [2.75, 3.05) is 18.0 Å². The van der Waals surface area contributed by atoms with Crippen LogP contribution in [0.5, 0.6) is 0 Å². The van der Waals surface area contributed by atoms with E-state index in [1.807, 2.05) is 0 Å². The lowest BCUT2D eigenvalue weighted by atomic mass is 9.98. The summed E-state index contributed by atoms with van der Waals surface area (Å²) in [7, 11) is 0. The fourth-order valence-electron chi connectivity index (χ4n) is 2.99. The highest BCUT2D eigenvalue weighted by Gasteiger charge is 2.17. The van der Waals surface area contributed by atoms with Crippen LogP contribution in [0.3, 0.4) is 0 Å². The molecule has 1 saturated heterocycles. The summed E-state index contributed by atoms with van der Waals surface area (Å²) in [5, 5.41) is 0. The Bertz CT molecular complexity index is 369. The Kier molecular flexibility index (Phi) is 5.71. The zero-order valence-corrected chi connectivity index (χ0v) is 12.3. The highest BCUT2D eigenvalue weighted by Crippen LogP contribution is 2.29. The van der Waals surface area contributed by atoms with Crippen LogP contribution in [0.4, 0.5) is 5.69 Å². The van der Waals surface area contributed by atoms with Crippen molar-refractivity contribution in [2.45, 2.75) is 57.9 Å². The van der Waals surface area contributed by atoms with Crippen LogP contribution in [0.15, 0.2) is 24.3 Å². The number of anilines is 1. The van der Waals surface area contributed by atoms with E-state index in [2.05, 4.69) is 36.1 Å². The Hall–Kier alpha value is -1.02. The van der Waals surface area contributed by atoms with Crippen molar-refractivity contribution in [3.63, 3.8) is 0 Å². The van der Waals surface area contributed by atoms with Crippen LogP contribution in [0.25, 0.3) is 0 Å². The van der Waals surface area contributed by atoms with Gasteiger partial charge in [-0.25, -0.2) is 0 Å². The van der Waals surface area contributed by atoms with Crippen molar-refractivity contribution in [2.24, 2.45) is 5.73 Å². The fraction of sp³-hybridized carbons (Fsp3) is 0.647. The summed E-state index contributed by atoms with van der Waals surface area (Å²) in [4.78, 5) is 2.53. The molecule has 2 rings (SSSR count). The number of unbranched alkanes of at least 4 members (excludes halogenated alkanes) is 2. The average Bonchev–Trinajstić information content (AvgIpc) is 2.48. The van der Waals surface area contributed by atoms with Gasteiger partial charge in [-0.2, -0.15) is 0 Å². The molecule has 106 valence electrons. The number of hydrogen-bond donors (Lipinski definition) is 1. The molecule has 0 saturated carbocycles. The van der Waals surface area contributed by atoms with E-state index in [1.165, 1.54) is 62.9 Å². The predicted molar refractivity (Wildman–Crippen MR) is 83.6 cm³/mol. The monoisotopic (exact) mass is 260 g/mol. The van der Waals surface area contributed by atoms with Crippen LogP contribution < -0.4 is 10.6 Å². The predicted octanol–water partition coefficient (Wildman–Crippen LogP) is 4.26. The molecule has 2 N–H and O–H groups in total. The lowest BCUT2D eigenvalue weighted by Crippen LogP contribution is -2.31. The van der Waals surface area contributed by atoms with Gasteiger partial charge in [-0.05, 0) is 37.3 Å². The number of rotatable bonds is 6. The van der Waals surface area contributed by atoms with Gasteiger partial charge >= 0.3 is 0 Å². The van der Waals surface area contributed by atoms with Crippen LogP contribution in [-0.4, -0.2) is 13.1 Å². The molecule has 0 unspecified atom stereocenters. The van der Waals surface area contributed by atoms with Gasteiger partial charge in [0.25, 0.3) is 0 Å². The van der Waals surface area contributed by atoms with E-state index >= 15 is 0 Å². The van der Waals surface area contributed by atoms with E-state index < -0.39 is 0 Å². The second-order valence-electron chi connectivity index (χ2n) is 5.71. The first kappa shape index (κ1) is 14.4. The van der Waals surface area contributed by atoms with E-state index in [1.54, 1.807) is 0 Å². The van der Waals surface area contributed by atoms with Gasteiger partial charge in [0, 0.05) is 24.8 Å². The zero-order chi connectivity index (χ0) is 13.5. The maximum Gasteiger partial charge on any atom is 0.0414 e. The second kappa shape index (κ2) is 7.54. The number of nitrogens with zero attached hydrogens (tertiary/aromatic N) is 1. The lowest BCUT2D eigenvalue weighted by Gasteiger charge is -2.32. The highest BCUT2D eigenvalue weighted by atomic mass is 15.1. The minimum Gasteiger partial charge on any atom is -0.371 e. The SMILES string of the molecule is CCCCC[C@H](N)c1ccccc1N1CCCCC1. The number of benzene rings is 1. The number of piperidine rings is 1. The van der Waals surface area contributed by atoms with Gasteiger partial charge in [0.1, 0.15) is 0 Å². The van der Waals surface area contributed by atoms with Crippen LogP contribution >= 0.6 is 0 Å². The van der Waals surface area contributed by atoms with Crippen molar-refractivity contribution in [1.29, 1.82) is 0 Å². The van der Waals surface area contributed by atoms with E-state index in [-0.39, 0.29) is 6.04 Å². The molecule has 2 heteroatoms. The van der Waals surface area contributed by atoms with Gasteiger partial charge in [0.2, 0.25) is 0 Å². The number of hydrogen-bond acceptors (Lipinski definition) is 2. The Balaban J connectivity index is 2.06. The number of nitrogens with two attached hydrogens (primary N) is 1. The van der Waals surface area contributed by atoms with Crippen molar-refractivity contribution in [3.05, 3.63) is 29.8 Å².